The summed E-state index contributed by atoms with van der Waals surface area (Å²) in [5, 5.41) is 7.56. The monoisotopic (exact) mass is 598 g/mol. The molecule has 0 atom stereocenters. The predicted molar refractivity (Wildman–Crippen MR) is 190 cm³/mol. The highest BCUT2D eigenvalue weighted by atomic mass is 15.1. The Balaban J connectivity index is 0.968. The van der Waals surface area contributed by atoms with Gasteiger partial charge in [-0.05, 0) is 96.2 Å². The fraction of sp³-hybridized carbons (Fsp3) is 0.190. The maximum absolute atomic E-state index is 5.02. The SMILES string of the molecule is c1ccc(C2(Nc3cc(-c4ccc(-c5ccc(-c6cccc(NC7(c8ccccc8)CCC7)n6)cc5)cc4)ccn3)CCC2)cc1. The summed E-state index contributed by atoms with van der Waals surface area (Å²) in [6.45, 7) is 0. The molecule has 2 aliphatic carbocycles. The second kappa shape index (κ2) is 11.9. The lowest BCUT2D eigenvalue weighted by molar-refractivity contribution is 0.283. The summed E-state index contributed by atoms with van der Waals surface area (Å²) in [5.74, 6) is 1.86. The number of hydrogen-bond donors (Lipinski definition) is 2. The Morgan fingerprint density at radius 2 is 0.935 bits per heavy atom. The van der Waals surface area contributed by atoms with Crippen molar-refractivity contribution in [2.75, 3.05) is 10.6 Å². The molecule has 0 saturated heterocycles. The van der Waals surface area contributed by atoms with Gasteiger partial charge in [-0.1, -0.05) is 115 Å². The van der Waals surface area contributed by atoms with Crippen LogP contribution in [0.4, 0.5) is 11.6 Å². The Labute approximate surface area is 271 Å². The van der Waals surface area contributed by atoms with Crippen LogP contribution in [0.1, 0.15) is 49.7 Å². The molecule has 6 aromatic rings. The largest absolute Gasteiger partial charge is 0.361 e. The molecule has 4 heteroatoms. The molecule has 0 spiro atoms. The Hall–Kier alpha value is -5.22. The highest BCUT2D eigenvalue weighted by Crippen LogP contribution is 2.45. The average Bonchev–Trinajstić information content (AvgIpc) is 3.09. The smallest absolute Gasteiger partial charge is 0.127 e. The minimum absolute atomic E-state index is 0.0157. The standard InChI is InChI=1S/C42H38N4/c1-3-10-36(11-4-1)41(25-8-26-41)45-39-15-7-14-38(44-39)34-22-20-32(21-23-34)31-16-18-33(19-17-31)35-24-29-43-40(30-35)46-42(27-9-28-42)37-12-5-2-6-13-37/h1-7,10-24,29-30H,8-9,25-28H2,(H,43,46)(H,44,45). The second-order valence-electron chi connectivity index (χ2n) is 12.8. The first-order chi connectivity index (χ1) is 22.7. The molecule has 8 rings (SSSR count). The number of rotatable bonds is 9. The Bertz CT molecular complexity index is 1780. The highest BCUT2D eigenvalue weighted by Gasteiger charge is 2.39. The van der Waals surface area contributed by atoms with Crippen LogP contribution in [0.15, 0.2) is 146 Å². The maximum atomic E-state index is 5.02. The molecule has 4 nitrogen and oxygen atoms in total. The van der Waals surface area contributed by atoms with Gasteiger partial charge in [0.2, 0.25) is 0 Å². The third-order valence-corrected chi connectivity index (χ3v) is 10.0. The zero-order chi connectivity index (χ0) is 30.8. The number of hydrogen-bond acceptors (Lipinski definition) is 4. The van der Waals surface area contributed by atoms with Crippen molar-refractivity contribution in [1.82, 2.24) is 9.97 Å². The summed E-state index contributed by atoms with van der Waals surface area (Å²) in [4.78, 5) is 9.70. The van der Waals surface area contributed by atoms with Crippen molar-refractivity contribution in [3.63, 3.8) is 0 Å². The van der Waals surface area contributed by atoms with Gasteiger partial charge in [0.05, 0.1) is 16.8 Å². The van der Waals surface area contributed by atoms with Crippen LogP contribution in [0.2, 0.25) is 0 Å². The van der Waals surface area contributed by atoms with Gasteiger partial charge in [-0.3, -0.25) is 0 Å². The van der Waals surface area contributed by atoms with Gasteiger partial charge in [0, 0.05) is 11.8 Å². The molecule has 4 aromatic carbocycles. The first-order valence-corrected chi connectivity index (χ1v) is 16.5. The Kier molecular flexibility index (Phi) is 7.34. The van der Waals surface area contributed by atoms with Gasteiger partial charge >= 0.3 is 0 Å². The molecule has 2 saturated carbocycles. The van der Waals surface area contributed by atoms with Gasteiger partial charge in [0.15, 0.2) is 0 Å². The molecule has 2 aromatic heterocycles. The number of anilines is 2. The van der Waals surface area contributed by atoms with Gasteiger partial charge in [0.1, 0.15) is 11.6 Å². The van der Waals surface area contributed by atoms with Gasteiger partial charge in [0.25, 0.3) is 0 Å². The average molecular weight is 599 g/mol. The highest BCUT2D eigenvalue weighted by molar-refractivity contribution is 5.73. The summed E-state index contributed by atoms with van der Waals surface area (Å²) >= 11 is 0. The zero-order valence-corrected chi connectivity index (χ0v) is 26.0. The Morgan fingerprint density at radius 3 is 1.46 bits per heavy atom. The lowest BCUT2D eigenvalue weighted by Gasteiger charge is -2.43. The topological polar surface area (TPSA) is 49.8 Å². The number of nitrogens with zero attached hydrogens (tertiary/aromatic N) is 2. The van der Waals surface area contributed by atoms with Crippen molar-refractivity contribution in [2.45, 2.75) is 49.6 Å². The first-order valence-electron chi connectivity index (χ1n) is 16.5. The fourth-order valence-corrected chi connectivity index (χ4v) is 7.07. The van der Waals surface area contributed by atoms with Crippen molar-refractivity contribution < 1.29 is 0 Å². The fourth-order valence-electron chi connectivity index (χ4n) is 7.07. The van der Waals surface area contributed by atoms with E-state index >= 15 is 0 Å². The molecule has 0 unspecified atom stereocenters. The molecular formula is C42H38N4. The Morgan fingerprint density at radius 1 is 0.435 bits per heavy atom. The van der Waals surface area contributed by atoms with Gasteiger partial charge in [-0.2, -0.15) is 0 Å². The molecular weight excluding hydrogens is 560 g/mol. The number of pyridine rings is 2. The minimum Gasteiger partial charge on any atom is -0.361 e. The predicted octanol–water partition coefficient (Wildman–Crippen LogP) is 10.5. The third kappa shape index (κ3) is 5.45. The molecule has 2 N–H and O–H groups in total. The van der Waals surface area contributed by atoms with Crippen molar-refractivity contribution in [3.05, 3.63) is 157 Å². The van der Waals surface area contributed by atoms with E-state index in [9.17, 15) is 0 Å². The van der Waals surface area contributed by atoms with Crippen LogP contribution >= 0.6 is 0 Å². The lowest BCUT2D eigenvalue weighted by atomic mass is 9.72. The van der Waals surface area contributed by atoms with Crippen LogP contribution in [-0.4, -0.2) is 9.97 Å². The van der Waals surface area contributed by atoms with Gasteiger partial charge in [-0.25, -0.2) is 9.97 Å². The van der Waals surface area contributed by atoms with Crippen LogP contribution in [0, 0.1) is 0 Å². The summed E-state index contributed by atoms with van der Waals surface area (Å²) in [6.07, 6.45) is 8.90. The van der Waals surface area contributed by atoms with E-state index in [0.29, 0.717) is 0 Å². The lowest BCUT2D eigenvalue weighted by Crippen LogP contribution is -2.42. The van der Waals surface area contributed by atoms with Gasteiger partial charge < -0.3 is 10.6 Å². The molecule has 0 amide bonds. The summed E-state index contributed by atoms with van der Waals surface area (Å²) in [5.41, 5.74) is 9.47. The second-order valence-corrected chi connectivity index (χ2v) is 12.8. The van der Waals surface area contributed by atoms with E-state index in [1.165, 1.54) is 40.7 Å². The third-order valence-electron chi connectivity index (χ3n) is 10.0. The molecule has 2 aliphatic rings. The van der Waals surface area contributed by atoms with Crippen LogP contribution in [0.5, 0.6) is 0 Å². The summed E-state index contributed by atoms with van der Waals surface area (Å²) in [6, 6.07) is 49.7. The van der Waals surface area contributed by atoms with E-state index in [-0.39, 0.29) is 11.1 Å². The summed E-state index contributed by atoms with van der Waals surface area (Å²) < 4.78 is 0. The van der Waals surface area contributed by atoms with Crippen LogP contribution < -0.4 is 10.6 Å². The molecule has 0 bridgehead atoms. The van der Waals surface area contributed by atoms with Crippen molar-refractivity contribution in [1.29, 1.82) is 0 Å². The van der Waals surface area contributed by atoms with Crippen molar-refractivity contribution in [3.8, 4) is 33.5 Å². The summed E-state index contributed by atoms with van der Waals surface area (Å²) in [7, 11) is 0. The van der Waals surface area contributed by atoms with E-state index in [2.05, 4.69) is 155 Å². The molecule has 46 heavy (non-hydrogen) atoms. The van der Waals surface area contributed by atoms with E-state index in [0.717, 1.165) is 54.1 Å². The molecule has 226 valence electrons. The van der Waals surface area contributed by atoms with E-state index in [1.54, 1.807) is 0 Å². The first kappa shape index (κ1) is 28.3. The maximum Gasteiger partial charge on any atom is 0.127 e. The molecule has 2 heterocycles. The van der Waals surface area contributed by atoms with Crippen LogP contribution in [0.3, 0.4) is 0 Å². The van der Waals surface area contributed by atoms with E-state index < -0.39 is 0 Å². The van der Waals surface area contributed by atoms with Gasteiger partial charge in [-0.15, -0.1) is 0 Å². The minimum atomic E-state index is -0.0167. The molecule has 0 radical (unpaired) electrons. The normalized spacial score (nSPS) is 16.1. The van der Waals surface area contributed by atoms with E-state index in [4.69, 9.17) is 4.98 Å². The number of benzene rings is 4. The van der Waals surface area contributed by atoms with Crippen LogP contribution in [0.25, 0.3) is 33.5 Å². The molecule has 2 fully saturated rings. The van der Waals surface area contributed by atoms with Crippen molar-refractivity contribution >= 4 is 11.6 Å². The number of nitrogens with one attached hydrogen (secondary N) is 2. The number of aromatic nitrogens is 2. The zero-order valence-electron chi connectivity index (χ0n) is 26.0. The quantitative estimate of drug-likeness (QED) is 0.174. The van der Waals surface area contributed by atoms with Crippen molar-refractivity contribution in [2.24, 2.45) is 0 Å². The van der Waals surface area contributed by atoms with E-state index in [1.807, 2.05) is 6.20 Å². The molecule has 0 aliphatic heterocycles. The van der Waals surface area contributed by atoms with Crippen LogP contribution in [-0.2, 0) is 11.1 Å².